The smallest absolute Gasteiger partial charge is 0.258 e. The maximum atomic E-state index is 13.0. The van der Waals surface area contributed by atoms with Gasteiger partial charge in [-0.3, -0.25) is 0 Å². The maximum Gasteiger partial charge on any atom is 0.258 e. The van der Waals surface area contributed by atoms with Crippen LogP contribution in [0.5, 0.6) is 0 Å². The van der Waals surface area contributed by atoms with E-state index in [1.54, 1.807) is 24.3 Å². The average Bonchev–Trinajstić information content (AvgIpc) is 2.89. The topological polar surface area (TPSA) is 64.9 Å². The molecule has 0 aliphatic rings. The van der Waals surface area contributed by atoms with Crippen LogP contribution in [0.2, 0.25) is 5.02 Å². The third kappa shape index (κ3) is 2.35. The average molecular weight is 290 g/mol. The van der Waals surface area contributed by atoms with Crippen molar-refractivity contribution in [3.63, 3.8) is 0 Å². The molecular formula is C14H9ClFN3O. The lowest BCUT2D eigenvalue weighted by atomic mass is 10.2. The van der Waals surface area contributed by atoms with Crippen molar-refractivity contribution >= 4 is 17.3 Å². The van der Waals surface area contributed by atoms with Crippen LogP contribution in [0.15, 0.2) is 47.0 Å². The van der Waals surface area contributed by atoms with Gasteiger partial charge in [-0.15, -0.1) is 0 Å². The van der Waals surface area contributed by atoms with Gasteiger partial charge in [0, 0.05) is 16.8 Å². The van der Waals surface area contributed by atoms with Gasteiger partial charge in [-0.2, -0.15) is 4.98 Å². The van der Waals surface area contributed by atoms with E-state index >= 15 is 0 Å². The number of nitrogens with two attached hydrogens (primary N) is 1. The molecule has 1 heterocycles. The number of nitrogen functional groups attached to an aromatic ring is 1. The lowest BCUT2D eigenvalue weighted by molar-refractivity contribution is 0.432. The largest absolute Gasteiger partial charge is 0.399 e. The number of benzene rings is 2. The third-order valence-corrected chi connectivity index (χ3v) is 3.07. The van der Waals surface area contributed by atoms with E-state index in [1.165, 1.54) is 18.2 Å². The molecular weight excluding hydrogens is 281 g/mol. The number of anilines is 1. The summed E-state index contributed by atoms with van der Waals surface area (Å²) < 4.78 is 18.2. The van der Waals surface area contributed by atoms with Gasteiger partial charge in [-0.1, -0.05) is 16.8 Å². The molecule has 2 aromatic carbocycles. The van der Waals surface area contributed by atoms with Crippen LogP contribution in [0.1, 0.15) is 0 Å². The van der Waals surface area contributed by atoms with E-state index in [-0.39, 0.29) is 5.02 Å². The van der Waals surface area contributed by atoms with Gasteiger partial charge in [0.05, 0.1) is 5.02 Å². The van der Waals surface area contributed by atoms with Crippen LogP contribution in [0.3, 0.4) is 0 Å². The van der Waals surface area contributed by atoms with Crippen LogP contribution < -0.4 is 5.73 Å². The molecule has 3 rings (SSSR count). The van der Waals surface area contributed by atoms with Crippen LogP contribution in [0.4, 0.5) is 10.1 Å². The first kappa shape index (κ1) is 12.6. The molecule has 0 saturated carbocycles. The molecule has 4 nitrogen and oxygen atoms in total. The Labute approximate surface area is 119 Å². The summed E-state index contributed by atoms with van der Waals surface area (Å²) in [7, 11) is 0. The number of nitrogens with zero attached hydrogens (tertiary/aromatic N) is 2. The zero-order chi connectivity index (χ0) is 14.1. The standard InChI is InChI=1S/C14H9ClFN3O/c15-12-7-9(16)3-6-11(12)13-18-14(20-19-13)8-1-4-10(17)5-2-8/h1-7H,17H2. The summed E-state index contributed by atoms with van der Waals surface area (Å²) in [5.41, 5.74) is 7.52. The van der Waals surface area contributed by atoms with Crippen molar-refractivity contribution in [3.05, 3.63) is 53.3 Å². The molecule has 1 aromatic heterocycles. The van der Waals surface area contributed by atoms with Crippen molar-refractivity contribution < 1.29 is 8.91 Å². The van der Waals surface area contributed by atoms with Crippen molar-refractivity contribution in [1.82, 2.24) is 10.1 Å². The van der Waals surface area contributed by atoms with Gasteiger partial charge >= 0.3 is 0 Å². The Morgan fingerprint density at radius 1 is 1.10 bits per heavy atom. The highest BCUT2D eigenvalue weighted by molar-refractivity contribution is 6.33. The molecule has 0 unspecified atom stereocenters. The van der Waals surface area contributed by atoms with Crippen molar-refractivity contribution in [2.45, 2.75) is 0 Å². The molecule has 0 atom stereocenters. The van der Waals surface area contributed by atoms with Gasteiger partial charge in [0.2, 0.25) is 5.82 Å². The summed E-state index contributed by atoms with van der Waals surface area (Å²) in [5, 5.41) is 4.08. The van der Waals surface area contributed by atoms with Crippen molar-refractivity contribution in [3.8, 4) is 22.8 Å². The molecule has 20 heavy (non-hydrogen) atoms. The van der Waals surface area contributed by atoms with Crippen LogP contribution in [-0.2, 0) is 0 Å². The summed E-state index contributed by atoms with van der Waals surface area (Å²) >= 11 is 5.96. The fraction of sp³-hybridized carbons (Fsp3) is 0. The normalized spacial score (nSPS) is 10.7. The molecule has 0 bridgehead atoms. The van der Waals surface area contributed by atoms with E-state index in [0.29, 0.717) is 23.0 Å². The van der Waals surface area contributed by atoms with E-state index in [9.17, 15) is 4.39 Å². The zero-order valence-corrected chi connectivity index (χ0v) is 10.9. The van der Waals surface area contributed by atoms with Crippen molar-refractivity contribution in [1.29, 1.82) is 0 Å². The molecule has 6 heteroatoms. The molecule has 0 amide bonds. The monoisotopic (exact) mass is 289 g/mol. The molecule has 0 spiro atoms. The second-order valence-electron chi connectivity index (χ2n) is 4.17. The van der Waals surface area contributed by atoms with Gasteiger partial charge in [0.25, 0.3) is 5.89 Å². The van der Waals surface area contributed by atoms with Crippen LogP contribution in [0.25, 0.3) is 22.8 Å². The summed E-state index contributed by atoms with van der Waals surface area (Å²) in [4.78, 5) is 4.25. The number of aromatic nitrogens is 2. The molecule has 0 fully saturated rings. The number of hydrogen-bond donors (Lipinski definition) is 1. The molecule has 0 aliphatic carbocycles. The minimum atomic E-state index is -0.416. The fourth-order valence-electron chi connectivity index (χ4n) is 1.75. The lowest BCUT2D eigenvalue weighted by Gasteiger charge is -1.98. The van der Waals surface area contributed by atoms with E-state index in [0.717, 1.165) is 5.56 Å². The molecule has 0 radical (unpaired) electrons. The minimum Gasteiger partial charge on any atom is -0.399 e. The maximum absolute atomic E-state index is 13.0. The molecule has 2 N–H and O–H groups in total. The van der Waals surface area contributed by atoms with Crippen molar-refractivity contribution in [2.75, 3.05) is 5.73 Å². The highest BCUT2D eigenvalue weighted by atomic mass is 35.5. The first-order valence-electron chi connectivity index (χ1n) is 5.78. The van der Waals surface area contributed by atoms with Gasteiger partial charge in [-0.25, -0.2) is 4.39 Å². The highest BCUT2D eigenvalue weighted by Crippen LogP contribution is 2.28. The van der Waals surface area contributed by atoms with Crippen LogP contribution in [-0.4, -0.2) is 10.1 Å². The summed E-state index contributed by atoms with van der Waals surface area (Å²) in [6, 6.07) is 11.0. The predicted octanol–water partition coefficient (Wildman–Crippen LogP) is 3.78. The van der Waals surface area contributed by atoms with Crippen LogP contribution >= 0.6 is 11.6 Å². The van der Waals surface area contributed by atoms with E-state index in [2.05, 4.69) is 10.1 Å². The fourth-order valence-corrected chi connectivity index (χ4v) is 2.00. The van der Waals surface area contributed by atoms with E-state index < -0.39 is 5.82 Å². The molecule has 100 valence electrons. The Hall–Kier alpha value is -2.40. The SMILES string of the molecule is Nc1ccc(-c2nc(-c3ccc(F)cc3Cl)no2)cc1. The highest BCUT2D eigenvalue weighted by Gasteiger charge is 2.13. The van der Waals surface area contributed by atoms with Gasteiger partial charge < -0.3 is 10.3 Å². The Balaban J connectivity index is 1.99. The van der Waals surface area contributed by atoms with E-state index in [1.807, 2.05) is 0 Å². The Morgan fingerprint density at radius 3 is 2.55 bits per heavy atom. The minimum absolute atomic E-state index is 0.231. The van der Waals surface area contributed by atoms with Crippen molar-refractivity contribution in [2.24, 2.45) is 0 Å². The quantitative estimate of drug-likeness (QED) is 0.729. The Bertz CT molecular complexity index is 755. The number of rotatable bonds is 2. The second kappa shape index (κ2) is 4.94. The van der Waals surface area contributed by atoms with Crippen LogP contribution in [0, 0.1) is 5.82 Å². The number of halogens is 2. The molecule has 3 aromatic rings. The van der Waals surface area contributed by atoms with Gasteiger partial charge in [-0.05, 0) is 42.5 Å². The van der Waals surface area contributed by atoms with Gasteiger partial charge in [0.15, 0.2) is 0 Å². The third-order valence-electron chi connectivity index (χ3n) is 2.76. The summed E-state index contributed by atoms with van der Waals surface area (Å²) in [6.45, 7) is 0. The second-order valence-corrected chi connectivity index (χ2v) is 4.58. The predicted molar refractivity (Wildman–Crippen MR) is 74.6 cm³/mol. The first-order valence-corrected chi connectivity index (χ1v) is 6.16. The Kier molecular flexibility index (Phi) is 3.12. The molecule has 0 saturated heterocycles. The number of hydrogen-bond acceptors (Lipinski definition) is 4. The Morgan fingerprint density at radius 2 is 1.85 bits per heavy atom. The summed E-state index contributed by atoms with van der Waals surface area (Å²) in [6.07, 6.45) is 0. The zero-order valence-electron chi connectivity index (χ0n) is 10.2. The molecule has 0 aliphatic heterocycles. The van der Waals surface area contributed by atoms with E-state index in [4.69, 9.17) is 21.9 Å². The van der Waals surface area contributed by atoms with Gasteiger partial charge in [0.1, 0.15) is 5.82 Å². The lowest BCUT2D eigenvalue weighted by Crippen LogP contribution is -1.85. The first-order chi connectivity index (χ1) is 9.63. The summed E-state index contributed by atoms with van der Waals surface area (Å²) in [5.74, 6) is 0.239.